The summed E-state index contributed by atoms with van der Waals surface area (Å²) in [6, 6.07) is 9.43. The van der Waals surface area contributed by atoms with Gasteiger partial charge in [-0.25, -0.2) is 13.8 Å². The highest BCUT2D eigenvalue weighted by molar-refractivity contribution is 6.00. The van der Waals surface area contributed by atoms with Crippen molar-refractivity contribution >= 4 is 11.8 Å². The first-order valence-electron chi connectivity index (χ1n) is 16.1. The van der Waals surface area contributed by atoms with Crippen molar-refractivity contribution in [2.45, 2.75) is 63.0 Å². The zero-order chi connectivity index (χ0) is 37.3. The number of amides is 2. The van der Waals surface area contributed by atoms with Crippen LogP contribution in [0, 0.1) is 29.4 Å². The summed E-state index contributed by atoms with van der Waals surface area (Å²) in [7, 11) is 0. The summed E-state index contributed by atoms with van der Waals surface area (Å²) in [6.07, 6.45) is -3.05. The fourth-order valence-electron chi connectivity index (χ4n) is 6.90. The molecule has 4 aromatic rings. The molecule has 8 nitrogen and oxygen atoms in total. The molecule has 2 aromatic carbocycles. The molecule has 7 rings (SSSR count). The Morgan fingerprint density at radius 1 is 1.08 bits per heavy atom. The van der Waals surface area contributed by atoms with E-state index < -0.39 is 76.6 Å². The molecular weight excluding hydrogens is 695 g/mol. The van der Waals surface area contributed by atoms with Crippen molar-refractivity contribution in [3.63, 3.8) is 0 Å². The number of allylic oxidation sites excluding steroid dienone is 2. The van der Waals surface area contributed by atoms with Gasteiger partial charge in [0, 0.05) is 35.2 Å². The topological polar surface area (TPSA) is 109 Å². The maximum atomic E-state index is 15.5. The van der Waals surface area contributed by atoms with Crippen LogP contribution in [0.25, 0.3) is 11.1 Å². The number of pyridine rings is 1. The van der Waals surface area contributed by atoms with E-state index >= 15 is 8.78 Å². The van der Waals surface area contributed by atoms with Crippen LogP contribution in [0.1, 0.15) is 75.6 Å². The molecule has 0 radical (unpaired) electrons. The number of aliphatic hydroxyl groups is 1. The Balaban J connectivity index is 1.34. The van der Waals surface area contributed by atoms with Crippen LogP contribution in [0.2, 0.25) is 0 Å². The average molecular weight is 724 g/mol. The van der Waals surface area contributed by atoms with Gasteiger partial charge in [-0.15, -0.1) is 0 Å². The summed E-state index contributed by atoms with van der Waals surface area (Å²) in [6.45, 7) is 1.96. The number of nitrogens with one attached hydrogen (secondary N) is 2. The molecule has 1 aliphatic heterocycles. The molecule has 0 fully saturated rings. The number of carbonyl (C=O) groups excluding carboxylic acids is 2. The standard InChI is InChI=1S/C37H28F7N5O3/c1-35(2,52)11-10-21-6-7-23(22-4-3-5-24-26(22)16-45-34(24)51)31(46-21)28(14-18-12-19(38)15-20(39)13-18)47-29(50)17-49-33-30(32(48-49)37(42,43)44)25-8-9-27(25)36(33,40)41/h3-9,12-13,15,25,27-28,52H,14,16-17H2,1-2H3,(H,45,51)(H,47,50)/t25-,27+,28-/m0/s1. The lowest BCUT2D eigenvalue weighted by Gasteiger charge is -2.27. The SMILES string of the molecule is CC(C)(O)C#Cc1ccc(-c2cccc3c2CNC3=O)c([C@H](Cc2cc(F)cc(F)c2)NC(=O)Cn2nc(C(F)(F)F)c3c2C(F)(F)[C@@H]2C=C[C@H]32)n1. The number of fused-ring (bicyclic) bond motifs is 4. The smallest absolute Gasteiger partial charge is 0.378 e. The molecule has 15 heteroatoms. The van der Waals surface area contributed by atoms with Gasteiger partial charge in [0.15, 0.2) is 5.69 Å². The fourth-order valence-corrected chi connectivity index (χ4v) is 6.90. The van der Waals surface area contributed by atoms with E-state index in [1.165, 1.54) is 26.0 Å². The van der Waals surface area contributed by atoms with Crippen LogP contribution in [-0.4, -0.2) is 37.3 Å². The maximum absolute atomic E-state index is 15.5. The quantitative estimate of drug-likeness (QED) is 0.122. The molecule has 268 valence electrons. The van der Waals surface area contributed by atoms with E-state index in [2.05, 4.69) is 32.6 Å². The van der Waals surface area contributed by atoms with Gasteiger partial charge in [-0.3, -0.25) is 14.3 Å². The molecule has 3 N–H and O–H groups in total. The van der Waals surface area contributed by atoms with Gasteiger partial charge in [-0.1, -0.05) is 30.2 Å². The van der Waals surface area contributed by atoms with Gasteiger partial charge in [-0.05, 0) is 73.2 Å². The number of alkyl halides is 5. The summed E-state index contributed by atoms with van der Waals surface area (Å²) < 4.78 is 102. The second kappa shape index (κ2) is 12.3. The highest BCUT2D eigenvalue weighted by Crippen LogP contribution is 2.60. The van der Waals surface area contributed by atoms with Crippen molar-refractivity contribution in [3.8, 4) is 23.0 Å². The Hall–Kier alpha value is -5.49. The van der Waals surface area contributed by atoms with E-state index in [-0.39, 0.29) is 35.8 Å². The first-order chi connectivity index (χ1) is 24.4. The number of halogens is 7. The Morgan fingerprint density at radius 3 is 2.44 bits per heavy atom. The molecule has 52 heavy (non-hydrogen) atoms. The minimum atomic E-state index is -5.08. The van der Waals surface area contributed by atoms with E-state index in [4.69, 9.17) is 0 Å². The van der Waals surface area contributed by atoms with Crippen molar-refractivity contribution in [3.05, 3.63) is 117 Å². The first-order valence-corrected chi connectivity index (χ1v) is 16.1. The summed E-state index contributed by atoms with van der Waals surface area (Å²) in [4.78, 5) is 31.0. The highest BCUT2D eigenvalue weighted by Gasteiger charge is 2.61. The molecule has 0 bridgehead atoms. The third-order valence-corrected chi connectivity index (χ3v) is 9.12. The molecule has 0 saturated heterocycles. The molecule has 3 aliphatic rings. The number of rotatable bonds is 7. The highest BCUT2D eigenvalue weighted by atomic mass is 19.4. The lowest BCUT2D eigenvalue weighted by atomic mass is 9.81. The van der Waals surface area contributed by atoms with Gasteiger partial charge in [0.1, 0.15) is 35.2 Å². The molecule has 3 atom stereocenters. The van der Waals surface area contributed by atoms with Crippen LogP contribution in [-0.2, 0) is 36.4 Å². The zero-order valence-electron chi connectivity index (χ0n) is 27.4. The fraction of sp³-hybridized carbons (Fsp3) is 0.297. The molecule has 2 aliphatic carbocycles. The number of hydrogen-bond donors (Lipinski definition) is 3. The van der Waals surface area contributed by atoms with E-state index in [9.17, 15) is 36.6 Å². The van der Waals surface area contributed by atoms with Crippen LogP contribution in [0.4, 0.5) is 30.7 Å². The summed E-state index contributed by atoms with van der Waals surface area (Å²) in [5.74, 6) is -4.35. The van der Waals surface area contributed by atoms with Crippen molar-refractivity contribution in [1.82, 2.24) is 25.4 Å². The first kappa shape index (κ1) is 34.9. The Morgan fingerprint density at radius 2 is 1.79 bits per heavy atom. The van der Waals surface area contributed by atoms with Crippen molar-refractivity contribution in [2.75, 3.05) is 0 Å². The number of benzene rings is 2. The predicted octanol–water partition coefficient (Wildman–Crippen LogP) is 6.08. The van der Waals surface area contributed by atoms with E-state index in [0.29, 0.717) is 33.0 Å². The van der Waals surface area contributed by atoms with E-state index in [0.717, 1.165) is 18.2 Å². The number of nitrogens with zero attached hydrogens (tertiary/aromatic N) is 3. The molecule has 0 unspecified atom stereocenters. The monoisotopic (exact) mass is 723 g/mol. The number of hydrogen-bond acceptors (Lipinski definition) is 5. The molecule has 2 aromatic heterocycles. The second-order valence-corrected chi connectivity index (χ2v) is 13.4. The summed E-state index contributed by atoms with van der Waals surface area (Å²) in [5.41, 5.74) is -2.59. The van der Waals surface area contributed by atoms with Gasteiger partial charge in [0.05, 0.1) is 17.7 Å². The van der Waals surface area contributed by atoms with Gasteiger partial charge in [-0.2, -0.15) is 27.1 Å². The molecular formula is C37H28F7N5O3. The molecule has 3 heterocycles. The third kappa shape index (κ3) is 6.32. The third-order valence-electron chi connectivity index (χ3n) is 9.12. The van der Waals surface area contributed by atoms with Gasteiger partial charge >= 0.3 is 6.18 Å². The van der Waals surface area contributed by atoms with Crippen LogP contribution in [0.15, 0.2) is 60.7 Å². The average Bonchev–Trinajstić information content (AvgIpc) is 3.63. The van der Waals surface area contributed by atoms with Crippen LogP contribution in [0.3, 0.4) is 0 Å². The van der Waals surface area contributed by atoms with Crippen molar-refractivity contribution in [1.29, 1.82) is 0 Å². The van der Waals surface area contributed by atoms with Crippen molar-refractivity contribution < 1.29 is 45.4 Å². The number of carbonyl (C=O) groups is 2. The van der Waals surface area contributed by atoms with Crippen LogP contribution >= 0.6 is 0 Å². The van der Waals surface area contributed by atoms with E-state index in [1.54, 1.807) is 24.3 Å². The van der Waals surface area contributed by atoms with E-state index in [1.807, 2.05) is 0 Å². The second-order valence-electron chi connectivity index (χ2n) is 13.4. The Kier molecular flexibility index (Phi) is 8.28. The van der Waals surface area contributed by atoms with Crippen LogP contribution < -0.4 is 10.6 Å². The van der Waals surface area contributed by atoms with Gasteiger partial charge in [0.2, 0.25) is 5.91 Å². The normalized spacial score (nSPS) is 18.8. The summed E-state index contributed by atoms with van der Waals surface area (Å²) in [5, 5.41) is 19.0. The van der Waals surface area contributed by atoms with Crippen LogP contribution in [0.5, 0.6) is 0 Å². The number of aromatic nitrogens is 3. The Bertz CT molecular complexity index is 2220. The largest absolute Gasteiger partial charge is 0.435 e. The van der Waals surface area contributed by atoms with Gasteiger partial charge in [0.25, 0.3) is 11.8 Å². The minimum absolute atomic E-state index is 0.0483. The summed E-state index contributed by atoms with van der Waals surface area (Å²) >= 11 is 0. The maximum Gasteiger partial charge on any atom is 0.435 e. The molecule has 2 amide bonds. The molecule has 0 saturated carbocycles. The zero-order valence-corrected chi connectivity index (χ0v) is 27.4. The lowest BCUT2D eigenvalue weighted by Crippen LogP contribution is -2.36. The van der Waals surface area contributed by atoms with Crippen molar-refractivity contribution in [2.24, 2.45) is 5.92 Å². The predicted molar refractivity (Wildman–Crippen MR) is 171 cm³/mol. The molecule has 0 spiro atoms. The Labute approximate surface area is 291 Å². The lowest BCUT2D eigenvalue weighted by molar-refractivity contribution is -0.142. The minimum Gasteiger partial charge on any atom is -0.378 e. The van der Waals surface area contributed by atoms with Gasteiger partial charge < -0.3 is 15.7 Å².